The van der Waals surface area contributed by atoms with E-state index >= 15 is 0 Å². The molecule has 0 unspecified atom stereocenters. The van der Waals surface area contributed by atoms with Gasteiger partial charge in [0.1, 0.15) is 11.6 Å². The van der Waals surface area contributed by atoms with Crippen molar-refractivity contribution >= 4 is 18.0 Å². The third kappa shape index (κ3) is 5.45. The van der Waals surface area contributed by atoms with Gasteiger partial charge in [-0.05, 0) is 56.7 Å². The van der Waals surface area contributed by atoms with Crippen molar-refractivity contribution in [3.63, 3.8) is 0 Å². The number of rotatable bonds is 6. The molecule has 0 bridgehead atoms. The molecule has 0 saturated heterocycles. The van der Waals surface area contributed by atoms with Crippen molar-refractivity contribution in [1.82, 2.24) is 5.32 Å². The molecule has 2 rings (SSSR count). The van der Waals surface area contributed by atoms with Gasteiger partial charge in [-0.15, -0.1) is 0 Å². The zero-order valence-corrected chi connectivity index (χ0v) is 16.3. The summed E-state index contributed by atoms with van der Waals surface area (Å²) in [5, 5.41) is 11.9. The fourth-order valence-corrected chi connectivity index (χ4v) is 2.36. The smallest absolute Gasteiger partial charge is 0.343 e. The van der Waals surface area contributed by atoms with Crippen LogP contribution in [-0.2, 0) is 4.79 Å². The van der Waals surface area contributed by atoms with E-state index in [9.17, 15) is 14.9 Å². The number of nitrogens with one attached hydrogen (secondary N) is 1. The number of benzene rings is 2. The number of hydrogen-bond donors (Lipinski definition) is 1. The molecule has 0 fully saturated rings. The molecule has 144 valence electrons. The van der Waals surface area contributed by atoms with Gasteiger partial charge in [0.2, 0.25) is 0 Å². The highest BCUT2D eigenvalue weighted by Crippen LogP contribution is 2.29. The van der Waals surface area contributed by atoms with Crippen LogP contribution in [0.5, 0.6) is 11.5 Å². The van der Waals surface area contributed by atoms with E-state index in [1.807, 2.05) is 39.0 Å². The van der Waals surface area contributed by atoms with Crippen LogP contribution >= 0.6 is 0 Å². The summed E-state index contributed by atoms with van der Waals surface area (Å²) in [7, 11) is 1.45. The third-order valence-electron chi connectivity index (χ3n) is 3.77. The number of amides is 1. The summed E-state index contributed by atoms with van der Waals surface area (Å²) in [6.45, 7) is 5.56. The lowest BCUT2D eigenvalue weighted by Crippen LogP contribution is -2.30. The van der Waals surface area contributed by atoms with Crippen LogP contribution in [0.25, 0.3) is 6.08 Å². The first-order valence-corrected chi connectivity index (χ1v) is 8.73. The van der Waals surface area contributed by atoms with Gasteiger partial charge in [-0.2, -0.15) is 5.26 Å². The van der Waals surface area contributed by atoms with Crippen molar-refractivity contribution < 1.29 is 19.1 Å². The summed E-state index contributed by atoms with van der Waals surface area (Å²) < 4.78 is 10.7. The largest absolute Gasteiger partial charge is 0.493 e. The summed E-state index contributed by atoms with van der Waals surface area (Å²) in [5.41, 5.74) is 2.01. The van der Waals surface area contributed by atoms with Gasteiger partial charge < -0.3 is 14.8 Å². The van der Waals surface area contributed by atoms with Crippen LogP contribution in [0, 0.1) is 18.3 Å². The molecule has 0 atom stereocenters. The normalized spacial score (nSPS) is 10.9. The molecule has 0 aliphatic heterocycles. The van der Waals surface area contributed by atoms with E-state index in [1.165, 1.54) is 13.2 Å². The summed E-state index contributed by atoms with van der Waals surface area (Å²) in [6, 6.07) is 13.6. The Morgan fingerprint density at radius 3 is 2.36 bits per heavy atom. The second kappa shape index (κ2) is 9.38. The predicted molar refractivity (Wildman–Crippen MR) is 106 cm³/mol. The number of hydrogen-bond acceptors (Lipinski definition) is 5. The number of carbonyl (C=O) groups excluding carboxylic acids is 2. The fourth-order valence-electron chi connectivity index (χ4n) is 2.36. The topological polar surface area (TPSA) is 88.4 Å². The number of ether oxygens (including phenoxy) is 2. The minimum absolute atomic E-state index is 0.0276. The SMILES string of the molecule is COc1cc(/C=C(\C#N)C(=O)NC(C)C)ccc1OC(=O)c1ccc(C)cc1. The van der Waals surface area contributed by atoms with Crippen molar-refractivity contribution in [3.05, 3.63) is 64.7 Å². The molecule has 0 aliphatic rings. The molecule has 0 saturated carbocycles. The molecule has 0 aliphatic carbocycles. The van der Waals surface area contributed by atoms with Crippen LogP contribution in [0.15, 0.2) is 48.0 Å². The number of esters is 1. The number of aryl methyl sites for hydroxylation is 1. The molecule has 2 aromatic carbocycles. The first-order valence-electron chi connectivity index (χ1n) is 8.73. The lowest BCUT2D eigenvalue weighted by atomic mass is 10.1. The lowest BCUT2D eigenvalue weighted by molar-refractivity contribution is -0.117. The number of nitriles is 1. The van der Waals surface area contributed by atoms with Gasteiger partial charge in [0.25, 0.3) is 5.91 Å². The Bertz CT molecular complexity index is 938. The highest BCUT2D eigenvalue weighted by atomic mass is 16.6. The summed E-state index contributed by atoms with van der Waals surface area (Å²) in [6.07, 6.45) is 1.45. The number of methoxy groups -OCH3 is 1. The van der Waals surface area contributed by atoms with Gasteiger partial charge in [-0.1, -0.05) is 23.8 Å². The highest BCUT2D eigenvalue weighted by Gasteiger charge is 2.14. The third-order valence-corrected chi connectivity index (χ3v) is 3.77. The Labute approximate surface area is 164 Å². The molecule has 6 heteroatoms. The Morgan fingerprint density at radius 1 is 1.11 bits per heavy atom. The Morgan fingerprint density at radius 2 is 1.79 bits per heavy atom. The zero-order valence-electron chi connectivity index (χ0n) is 16.3. The first kappa shape index (κ1) is 20.7. The maximum atomic E-state index is 12.3. The van der Waals surface area contributed by atoms with Crippen LogP contribution < -0.4 is 14.8 Å². The molecular formula is C22H22N2O4. The van der Waals surface area contributed by atoms with Crippen molar-refractivity contribution in [3.8, 4) is 17.6 Å². The number of carbonyl (C=O) groups is 2. The van der Waals surface area contributed by atoms with Crippen molar-refractivity contribution in [2.24, 2.45) is 0 Å². The molecule has 0 heterocycles. The van der Waals surface area contributed by atoms with Crippen molar-refractivity contribution in [2.75, 3.05) is 7.11 Å². The van der Waals surface area contributed by atoms with Crippen LogP contribution in [-0.4, -0.2) is 25.0 Å². The maximum Gasteiger partial charge on any atom is 0.343 e. The van der Waals surface area contributed by atoms with E-state index < -0.39 is 11.9 Å². The fraction of sp³-hybridized carbons (Fsp3) is 0.227. The highest BCUT2D eigenvalue weighted by molar-refractivity contribution is 6.01. The van der Waals surface area contributed by atoms with Gasteiger partial charge in [0, 0.05) is 6.04 Å². The molecule has 1 amide bonds. The van der Waals surface area contributed by atoms with Gasteiger partial charge in [0.05, 0.1) is 12.7 Å². The molecule has 0 aromatic heterocycles. The van der Waals surface area contributed by atoms with Crippen molar-refractivity contribution in [2.45, 2.75) is 26.8 Å². The second-order valence-electron chi connectivity index (χ2n) is 6.46. The summed E-state index contributed by atoms with van der Waals surface area (Å²) in [4.78, 5) is 24.3. The second-order valence-corrected chi connectivity index (χ2v) is 6.46. The molecule has 6 nitrogen and oxygen atoms in total. The molecule has 0 spiro atoms. The standard InChI is InChI=1S/C22H22N2O4/c1-14(2)24-21(25)18(13-23)11-16-7-10-19(20(12-16)27-4)28-22(26)17-8-5-15(3)6-9-17/h5-12,14H,1-4H3,(H,24,25)/b18-11+. The Balaban J connectivity index is 2.25. The van der Waals surface area contributed by atoms with E-state index in [4.69, 9.17) is 9.47 Å². The van der Waals surface area contributed by atoms with E-state index in [-0.39, 0.29) is 17.4 Å². The average molecular weight is 378 g/mol. The van der Waals surface area contributed by atoms with Crippen molar-refractivity contribution in [1.29, 1.82) is 5.26 Å². The summed E-state index contributed by atoms with van der Waals surface area (Å²) in [5.74, 6) is -0.395. The minimum Gasteiger partial charge on any atom is -0.493 e. The van der Waals surface area contributed by atoms with E-state index in [2.05, 4.69) is 5.32 Å². The molecular weight excluding hydrogens is 356 g/mol. The van der Waals surface area contributed by atoms with Crippen LogP contribution in [0.2, 0.25) is 0 Å². The number of nitrogens with zero attached hydrogens (tertiary/aromatic N) is 1. The quantitative estimate of drug-likeness (QED) is 0.359. The molecule has 0 radical (unpaired) electrons. The Hall–Kier alpha value is -3.59. The van der Waals surface area contributed by atoms with Crippen LogP contribution in [0.1, 0.15) is 35.3 Å². The predicted octanol–water partition coefficient (Wildman–Crippen LogP) is 3.65. The lowest BCUT2D eigenvalue weighted by Gasteiger charge is -2.11. The maximum absolute atomic E-state index is 12.3. The molecule has 2 aromatic rings. The Kier molecular flexibility index (Phi) is 6.94. The van der Waals surface area contributed by atoms with E-state index in [0.29, 0.717) is 16.9 Å². The monoisotopic (exact) mass is 378 g/mol. The minimum atomic E-state index is -0.504. The first-order chi connectivity index (χ1) is 13.3. The van der Waals surface area contributed by atoms with Gasteiger partial charge >= 0.3 is 5.97 Å². The average Bonchev–Trinajstić information content (AvgIpc) is 2.66. The van der Waals surface area contributed by atoms with Crippen LogP contribution in [0.4, 0.5) is 0 Å². The van der Waals surface area contributed by atoms with Gasteiger partial charge in [-0.25, -0.2) is 4.79 Å². The molecule has 28 heavy (non-hydrogen) atoms. The summed E-state index contributed by atoms with van der Waals surface area (Å²) >= 11 is 0. The van der Waals surface area contributed by atoms with Gasteiger partial charge in [-0.3, -0.25) is 4.79 Å². The van der Waals surface area contributed by atoms with Crippen LogP contribution in [0.3, 0.4) is 0 Å². The zero-order chi connectivity index (χ0) is 20.7. The van der Waals surface area contributed by atoms with E-state index in [0.717, 1.165) is 5.56 Å². The van der Waals surface area contributed by atoms with E-state index in [1.54, 1.807) is 30.3 Å². The molecule has 1 N–H and O–H groups in total. The van der Waals surface area contributed by atoms with Gasteiger partial charge in [0.15, 0.2) is 11.5 Å².